The van der Waals surface area contributed by atoms with Crippen molar-refractivity contribution >= 4 is 22.9 Å². The van der Waals surface area contributed by atoms with Gasteiger partial charge in [-0.3, -0.25) is 4.79 Å². The van der Waals surface area contributed by atoms with Crippen LogP contribution in [0.25, 0.3) is 22.2 Å². The van der Waals surface area contributed by atoms with E-state index in [0.29, 0.717) is 28.0 Å². The molecule has 7 nitrogen and oxygen atoms in total. The molecule has 2 aromatic heterocycles. The maximum Gasteiger partial charge on any atom is 0.270 e. The zero-order chi connectivity index (χ0) is 20.1. The van der Waals surface area contributed by atoms with E-state index in [9.17, 15) is 4.79 Å². The van der Waals surface area contributed by atoms with E-state index < -0.39 is 0 Å². The van der Waals surface area contributed by atoms with Crippen LogP contribution in [0.15, 0.2) is 70.6 Å². The third-order valence-corrected chi connectivity index (χ3v) is 4.92. The third-order valence-electron chi connectivity index (χ3n) is 4.02. The van der Waals surface area contributed by atoms with Crippen LogP contribution < -0.4 is 14.8 Å². The van der Waals surface area contributed by atoms with Crippen molar-refractivity contribution in [1.29, 1.82) is 0 Å². The largest absolute Gasteiger partial charge is 0.497 e. The Kier molecular flexibility index (Phi) is 5.53. The average Bonchev–Trinajstić information content (AvgIpc) is 3.43. The lowest BCUT2D eigenvalue weighted by Gasteiger charge is -2.08. The Hall–Kier alpha value is -3.65. The summed E-state index contributed by atoms with van der Waals surface area (Å²) in [6.45, 7) is -0.124. The van der Waals surface area contributed by atoms with Crippen LogP contribution in [0.2, 0.25) is 0 Å². The van der Waals surface area contributed by atoms with E-state index in [1.165, 1.54) is 11.3 Å². The van der Waals surface area contributed by atoms with Crippen molar-refractivity contribution in [1.82, 2.24) is 10.1 Å². The Morgan fingerprint density at radius 2 is 1.83 bits per heavy atom. The number of rotatable bonds is 7. The Balaban J connectivity index is 1.41. The van der Waals surface area contributed by atoms with Crippen molar-refractivity contribution in [3.8, 4) is 33.7 Å². The smallest absolute Gasteiger partial charge is 0.270 e. The van der Waals surface area contributed by atoms with Crippen molar-refractivity contribution in [3.05, 3.63) is 66.0 Å². The molecule has 0 aliphatic rings. The second-order valence-corrected chi connectivity index (χ2v) is 6.88. The quantitative estimate of drug-likeness (QED) is 0.486. The maximum atomic E-state index is 12.3. The first kappa shape index (κ1) is 18.7. The summed E-state index contributed by atoms with van der Waals surface area (Å²) in [5.74, 6) is 1.86. The van der Waals surface area contributed by atoms with Crippen LogP contribution >= 0.6 is 11.3 Å². The second-order valence-electron chi connectivity index (χ2n) is 5.96. The lowest BCUT2D eigenvalue weighted by atomic mass is 10.2. The molecule has 0 fully saturated rings. The summed E-state index contributed by atoms with van der Waals surface area (Å²) < 4.78 is 16.0. The number of carbonyl (C=O) groups is 1. The van der Waals surface area contributed by atoms with Gasteiger partial charge in [0.05, 0.1) is 12.8 Å². The monoisotopic (exact) mass is 407 g/mol. The van der Waals surface area contributed by atoms with Gasteiger partial charge in [-0.2, -0.15) is 4.98 Å². The Morgan fingerprint density at radius 1 is 1.07 bits per heavy atom. The van der Waals surface area contributed by atoms with Crippen molar-refractivity contribution in [2.24, 2.45) is 0 Å². The molecule has 0 aliphatic carbocycles. The number of nitrogens with zero attached hydrogens (tertiary/aromatic N) is 2. The standard InChI is InChI=1S/C21H17N3O4S/c1-26-15-7-9-16(10-8-15)27-13-18(25)22-17-11-12-29-19(17)21-23-20(24-28-21)14-5-3-2-4-6-14/h2-12H,13H2,1H3,(H,22,25). The van der Waals surface area contributed by atoms with Crippen LogP contribution in [-0.4, -0.2) is 29.8 Å². The lowest BCUT2D eigenvalue weighted by molar-refractivity contribution is -0.118. The van der Waals surface area contributed by atoms with Crippen LogP contribution in [0, 0.1) is 0 Å². The third kappa shape index (κ3) is 4.44. The molecular weight excluding hydrogens is 390 g/mol. The van der Waals surface area contributed by atoms with Crippen molar-refractivity contribution < 1.29 is 18.8 Å². The van der Waals surface area contributed by atoms with Crippen LogP contribution in [0.1, 0.15) is 0 Å². The van der Waals surface area contributed by atoms with E-state index >= 15 is 0 Å². The molecule has 4 aromatic rings. The van der Waals surface area contributed by atoms with Gasteiger partial charge in [0, 0.05) is 5.56 Å². The zero-order valence-electron chi connectivity index (χ0n) is 15.5. The fraction of sp³-hybridized carbons (Fsp3) is 0.0952. The number of ether oxygens (including phenoxy) is 2. The summed E-state index contributed by atoms with van der Waals surface area (Å²) >= 11 is 1.41. The first-order valence-corrected chi connectivity index (χ1v) is 9.64. The van der Waals surface area contributed by atoms with Gasteiger partial charge in [-0.15, -0.1) is 11.3 Å². The minimum Gasteiger partial charge on any atom is -0.497 e. The zero-order valence-corrected chi connectivity index (χ0v) is 16.3. The number of anilines is 1. The van der Waals surface area contributed by atoms with E-state index in [4.69, 9.17) is 14.0 Å². The summed E-state index contributed by atoms with van der Waals surface area (Å²) in [7, 11) is 1.59. The number of methoxy groups -OCH3 is 1. The number of amides is 1. The summed E-state index contributed by atoms with van der Waals surface area (Å²) in [5.41, 5.74) is 1.46. The van der Waals surface area contributed by atoms with Gasteiger partial charge in [0.25, 0.3) is 11.8 Å². The molecule has 0 unspecified atom stereocenters. The fourth-order valence-corrected chi connectivity index (χ4v) is 3.37. The number of thiophene rings is 1. The van der Waals surface area contributed by atoms with Gasteiger partial charge < -0.3 is 19.3 Å². The molecule has 146 valence electrons. The molecule has 4 rings (SSSR count). The molecule has 8 heteroatoms. The lowest BCUT2D eigenvalue weighted by Crippen LogP contribution is -2.20. The van der Waals surface area contributed by atoms with Gasteiger partial charge in [-0.05, 0) is 35.7 Å². The second kappa shape index (κ2) is 8.57. The number of hydrogen-bond donors (Lipinski definition) is 1. The van der Waals surface area contributed by atoms with Gasteiger partial charge >= 0.3 is 0 Å². The number of hydrogen-bond acceptors (Lipinski definition) is 7. The van der Waals surface area contributed by atoms with Crippen molar-refractivity contribution in [2.45, 2.75) is 0 Å². The van der Waals surface area contributed by atoms with E-state index in [2.05, 4.69) is 15.5 Å². The summed E-state index contributed by atoms with van der Waals surface area (Å²) in [4.78, 5) is 17.4. The minimum absolute atomic E-state index is 0.124. The number of benzene rings is 2. The van der Waals surface area contributed by atoms with E-state index in [1.807, 2.05) is 35.7 Å². The Morgan fingerprint density at radius 3 is 2.59 bits per heavy atom. The maximum absolute atomic E-state index is 12.3. The number of aromatic nitrogens is 2. The van der Waals surface area contributed by atoms with Gasteiger partial charge in [-0.25, -0.2) is 0 Å². The summed E-state index contributed by atoms with van der Waals surface area (Å²) in [5, 5.41) is 8.70. The predicted octanol–water partition coefficient (Wildman–Crippen LogP) is 4.49. The highest BCUT2D eigenvalue weighted by molar-refractivity contribution is 7.14. The fourth-order valence-electron chi connectivity index (χ4n) is 2.60. The highest BCUT2D eigenvalue weighted by Crippen LogP contribution is 2.33. The molecule has 0 radical (unpaired) electrons. The van der Waals surface area contributed by atoms with Crippen LogP contribution in [0.3, 0.4) is 0 Å². The molecule has 29 heavy (non-hydrogen) atoms. The first-order valence-electron chi connectivity index (χ1n) is 8.76. The van der Waals surface area contributed by atoms with E-state index in [1.54, 1.807) is 37.4 Å². The number of carbonyl (C=O) groups excluding carboxylic acids is 1. The van der Waals surface area contributed by atoms with Gasteiger partial charge in [0.15, 0.2) is 6.61 Å². The SMILES string of the molecule is COc1ccc(OCC(=O)Nc2ccsc2-c2nc(-c3ccccc3)no2)cc1. The Bertz CT molecular complexity index is 1090. The highest BCUT2D eigenvalue weighted by atomic mass is 32.1. The molecular formula is C21H17N3O4S. The average molecular weight is 407 g/mol. The van der Waals surface area contributed by atoms with Crippen LogP contribution in [0.4, 0.5) is 5.69 Å². The molecule has 1 N–H and O–H groups in total. The number of nitrogens with one attached hydrogen (secondary N) is 1. The highest BCUT2D eigenvalue weighted by Gasteiger charge is 2.17. The summed E-state index contributed by atoms with van der Waals surface area (Å²) in [6.07, 6.45) is 0. The van der Waals surface area contributed by atoms with E-state index in [0.717, 1.165) is 11.3 Å². The van der Waals surface area contributed by atoms with Crippen LogP contribution in [0.5, 0.6) is 11.5 Å². The van der Waals surface area contributed by atoms with Gasteiger partial charge in [0.1, 0.15) is 16.4 Å². The normalized spacial score (nSPS) is 10.5. The molecule has 2 aromatic carbocycles. The molecule has 1 amide bonds. The van der Waals surface area contributed by atoms with Crippen molar-refractivity contribution in [3.63, 3.8) is 0 Å². The molecule has 0 spiro atoms. The molecule has 0 saturated heterocycles. The first-order chi connectivity index (χ1) is 14.2. The molecule has 0 bridgehead atoms. The molecule has 2 heterocycles. The van der Waals surface area contributed by atoms with Gasteiger partial charge in [-0.1, -0.05) is 35.5 Å². The minimum atomic E-state index is -0.289. The van der Waals surface area contributed by atoms with E-state index in [-0.39, 0.29) is 12.5 Å². The van der Waals surface area contributed by atoms with Crippen LogP contribution in [-0.2, 0) is 4.79 Å². The van der Waals surface area contributed by atoms with Crippen molar-refractivity contribution in [2.75, 3.05) is 19.0 Å². The van der Waals surface area contributed by atoms with Gasteiger partial charge in [0.2, 0.25) is 5.82 Å². The molecule has 0 aliphatic heterocycles. The topological polar surface area (TPSA) is 86.5 Å². The summed E-state index contributed by atoms with van der Waals surface area (Å²) in [6, 6.07) is 18.4. The molecule has 0 saturated carbocycles. The Labute approximate surface area is 170 Å². The molecule has 0 atom stereocenters. The predicted molar refractivity (Wildman–Crippen MR) is 110 cm³/mol.